The van der Waals surface area contributed by atoms with Gasteiger partial charge in [-0.05, 0) is 30.4 Å². The van der Waals surface area contributed by atoms with Gasteiger partial charge in [-0.25, -0.2) is 4.79 Å². The minimum Gasteiger partial charge on any atom is -0.391 e. The van der Waals surface area contributed by atoms with E-state index in [1.807, 2.05) is 24.3 Å². The molecule has 0 aromatic heterocycles. The first-order chi connectivity index (χ1) is 8.69. The maximum Gasteiger partial charge on any atom is 0.321 e. The lowest BCUT2D eigenvalue weighted by molar-refractivity contribution is 0.176. The fourth-order valence-electron chi connectivity index (χ4n) is 1.98. The molecule has 1 saturated heterocycles. The smallest absolute Gasteiger partial charge is 0.321 e. The van der Waals surface area contributed by atoms with Gasteiger partial charge in [0.25, 0.3) is 0 Å². The van der Waals surface area contributed by atoms with Gasteiger partial charge in [-0.3, -0.25) is 0 Å². The van der Waals surface area contributed by atoms with E-state index in [1.165, 1.54) is 5.56 Å². The Morgan fingerprint density at radius 3 is 2.78 bits per heavy atom. The monoisotopic (exact) mass is 266 g/mol. The highest BCUT2D eigenvalue weighted by molar-refractivity contribution is 7.97. The molecule has 2 amide bonds. The Balaban J connectivity index is 1.90. The van der Waals surface area contributed by atoms with E-state index in [2.05, 4.69) is 11.6 Å². The molecule has 0 saturated carbocycles. The Bertz CT molecular complexity index is 408. The van der Waals surface area contributed by atoms with Gasteiger partial charge < -0.3 is 15.3 Å². The number of β-amino-alcohol motifs (C(OH)–C–C–N with tert-alkyl or cyclic N) is 1. The van der Waals surface area contributed by atoms with E-state index >= 15 is 0 Å². The van der Waals surface area contributed by atoms with Crippen LogP contribution >= 0.6 is 11.8 Å². The number of anilines is 1. The fraction of sp³-hybridized carbons (Fsp3) is 0.462. The van der Waals surface area contributed by atoms with Gasteiger partial charge in [0.1, 0.15) is 0 Å². The van der Waals surface area contributed by atoms with Crippen LogP contribution in [0, 0.1) is 0 Å². The first-order valence-corrected chi connectivity index (χ1v) is 7.40. The molecule has 0 unspecified atom stereocenters. The van der Waals surface area contributed by atoms with E-state index in [0.29, 0.717) is 19.5 Å². The number of hydrogen-bond acceptors (Lipinski definition) is 3. The summed E-state index contributed by atoms with van der Waals surface area (Å²) in [4.78, 5) is 13.5. The second-order valence-electron chi connectivity index (χ2n) is 4.45. The highest BCUT2D eigenvalue weighted by Crippen LogP contribution is 2.15. The van der Waals surface area contributed by atoms with Crippen LogP contribution in [0.3, 0.4) is 0 Å². The van der Waals surface area contributed by atoms with E-state index in [0.717, 1.165) is 11.4 Å². The van der Waals surface area contributed by atoms with E-state index < -0.39 is 0 Å². The van der Waals surface area contributed by atoms with Gasteiger partial charge in [-0.15, -0.1) is 0 Å². The lowest BCUT2D eigenvalue weighted by atomic mass is 10.2. The van der Waals surface area contributed by atoms with Crippen LogP contribution in [0.15, 0.2) is 24.3 Å². The van der Waals surface area contributed by atoms with E-state index in [-0.39, 0.29) is 12.1 Å². The van der Waals surface area contributed by atoms with Crippen LogP contribution in [0.2, 0.25) is 0 Å². The maximum absolute atomic E-state index is 11.9. The van der Waals surface area contributed by atoms with Crippen LogP contribution in [-0.2, 0) is 5.75 Å². The number of rotatable bonds is 3. The highest BCUT2D eigenvalue weighted by atomic mass is 32.2. The van der Waals surface area contributed by atoms with Crippen molar-refractivity contribution in [3.63, 3.8) is 0 Å². The molecule has 1 fully saturated rings. The number of likely N-dealkylation sites (tertiary alicyclic amines) is 1. The zero-order valence-corrected chi connectivity index (χ0v) is 11.2. The number of benzene rings is 1. The third-order valence-corrected chi connectivity index (χ3v) is 3.59. The van der Waals surface area contributed by atoms with Crippen molar-refractivity contribution >= 4 is 23.5 Å². The third-order valence-electron chi connectivity index (χ3n) is 2.97. The van der Waals surface area contributed by atoms with Crippen LogP contribution in [0.25, 0.3) is 0 Å². The van der Waals surface area contributed by atoms with Gasteiger partial charge in [0.2, 0.25) is 0 Å². The minimum atomic E-state index is -0.375. The number of aliphatic hydroxyl groups is 1. The molecule has 0 radical (unpaired) electrons. The van der Waals surface area contributed by atoms with Crippen LogP contribution in [0.4, 0.5) is 10.5 Å². The summed E-state index contributed by atoms with van der Waals surface area (Å²) in [7, 11) is 0. The van der Waals surface area contributed by atoms with Crippen molar-refractivity contribution in [2.75, 3.05) is 24.7 Å². The van der Waals surface area contributed by atoms with Gasteiger partial charge in [-0.1, -0.05) is 12.1 Å². The summed E-state index contributed by atoms with van der Waals surface area (Å²) in [5.74, 6) is 0.979. The lowest BCUT2D eigenvalue weighted by Gasteiger charge is -2.16. The summed E-state index contributed by atoms with van der Waals surface area (Å²) in [5.41, 5.74) is 2.04. The molecule has 4 nitrogen and oxygen atoms in total. The molecule has 1 heterocycles. The van der Waals surface area contributed by atoms with E-state index in [4.69, 9.17) is 0 Å². The molecule has 1 aliphatic heterocycles. The quantitative estimate of drug-likeness (QED) is 0.881. The van der Waals surface area contributed by atoms with Crippen molar-refractivity contribution in [2.45, 2.75) is 18.3 Å². The Labute approximate surface area is 111 Å². The number of amides is 2. The molecule has 2 N–H and O–H groups in total. The molecule has 2 rings (SSSR count). The summed E-state index contributed by atoms with van der Waals surface area (Å²) in [6.07, 6.45) is 2.36. The summed E-state index contributed by atoms with van der Waals surface area (Å²) in [5, 5.41) is 12.2. The van der Waals surface area contributed by atoms with Crippen molar-refractivity contribution in [3.8, 4) is 0 Å². The Hall–Kier alpha value is -1.20. The molecule has 0 bridgehead atoms. The predicted octanol–water partition coefficient (Wildman–Crippen LogP) is 2.15. The second kappa shape index (κ2) is 6.11. The Morgan fingerprint density at radius 1 is 1.50 bits per heavy atom. The third kappa shape index (κ3) is 3.40. The molecule has 0 spiro atoms. The van der Waals surface area contributed by atoms with Gasteiger partial charge in [0, 0.05) is 24.5 Å². The summed E-state index contributed by atoms with van der Waals surface area (Å²) in [6.45, 7) is 1.05. The molecule has 1 aromatic carbocycles. The summed E-state index contributed by atoms with van der Waals surface area (Å²) < 4.78 is 0. The average molecular weight is 266 g/mol. The van der Waals surface area contributed by atoms with Crippen LogP contribution in [0.5, 0.6) is 0 Å². The number of nitrogens with zero attached hydrogens (tertiary/aromatic N) is 1. The van der Waals surface area contributed by atoms with E-state index in [9.17, 15) is 9.90 Å². The lowest BCUT2D eigenvalue weighted by Crippen LogP contribution is -2.33. The zero-order chi connectivity index (χ0) is 13.0. The topological polar surface area (TPSA) is 52.6 Å². The second-order valence-corrected chi connectivity index (χ2v) is 5.31. The van der Waals surface area contributed by atoms with Crippen LogP contribution in [-0.4, -0.2) is 41.5 Å². The van der Waals surface area contributed by atoms with Crippen LogP contribution < -0.4 is 5.32 Å². The largest absolute Gasteiger partial charge is 0.391 e. The molecule has 1 aliphatic rings. The number of hydrogen-bond donors (Lipinski definition) is 2. The number of carbonyl (C=O) groups is 1. The molecule has 1 aromatic rings. The van der Waals surface area contributed by atoms with Crippen molar-refractivity contribution in [1.29, 1.82) is 0 Å². The van der Waals surface area contributed by atoms with E-state index in [1.54, 1.807) is 16.7 Å². The predicted molar refractivity (Wildman–Crippen MR) is 74.9 cm³/mol. The molecule has 0 aliphatic carbocycles. The maximum atomic E-state index is 11.9. The molecular weight excluding hydrogens is 248 g/mol. The Morgan fingerprint density at radius 2 is 2.22 bits per heavy atom. The molecule has 1 atom stereocenters. The van der Waals surface area contributed by atoms with Crippen molar-refractivity contribution in [3.05, 3.63) is 29.8 Å². The number of aliphatic hydroxyl groups excluding tert-OH is 1. The minimum absolute atomic E-state index is 0.135. The first kappa shape index (κ1) is 13.2. The summed E-state index contributed by atoms with van der Waals surface area (Å²) in [6, 6.07) is 7.73. The molecule has 18 heavy (non-hydrogen) atoms. The summed E-state index contributed by atoms with van der Waals surface area (Å²) >= 11 is 1.77. The van der Waals surface area contributed by atoms with Crippen molar-refractivity contribution < 1.29 is 9.90 Å². The molecule has 98 valence electrons. The van der Waals surface area contributed by atoms with Crippen molar-refractivity contribution in [2.24, 2.45) is 0 Å². The van der Waals surface area contributed by atoms with Crippen LogP contribution in [0.1, 0.15) is 12.0 Å². The standard InChI is InChI=1S/C13H18N2O2S/c1-18-9-10-2-4-11(5-3-10)14-13(17)15-7-6-12(16)8-15/h2-5,12,16H,6-9H2,1H3,(H,14,17)/t12-/m1/s1. The highest BCUT2D eigenvalue weighted by Gasteiger charge is 2.24. The Kier molecular flexibility index (Phi) is 4.49. The molecular formula is C13H18N2O2S. The van der Waals surface area contributed by atoms with Crippen molar-refractivity contribution in [1.82, 2.24) is 4.90 Å². The number of urea groups is 1. The van der Waals surface area contributed by atoms with Gasteiger partial charge >= 0.3 is 6.03 Å². The average Bonchev–Trinajstić information content (AvgIpc) is 2.79. The van der Waals surface area contributed by atoms with Gasteiger partial charge in [-0.2, -0.15) is 11.8 Å². The number of nitrogens with one attached hydrogen (secondary N) is 1. The normalized spacial score (nSPS) is 19.0. The first-order valence-electron chi connectivity index (χ1n) is 6.01. The SMILES string of the molecule is CSCc1ccc(NC(=O)N2CC[C@@H](O)C2)cc1. The van der Waals surface area contributed by atoms with Gasteiger partial charge in [0.05, 0.1) is 6.10 Å². The fourth-order valence-corrected chi connectivity index (χ4v) is 2.51. The van der Waals surface area contributed by atoms with Gasteiger partial charge in [0.15, 0.2) is 0 Å². The number of carbonyl (C=O) groups excluding carboxylic acids is 1. The zero-order valence-electron chi connectivity index (χ0n) is 10.4. The molecule has 5 heteroatoms. The number of thioether (sulfide) groups is 1.